The summed E-state index contributed by atoms with van der Waals surface area (Å²) >= 11 is 2.62. The summed E-state index contributed by atoms with van der Waals surface area (Å²) in [5.74, 6) is -1.90. The number of carbonyl (C=O) groups is 3. The molecule has 0 saturated heterocycles. The maximum Gasteiger partial charge on any atom is 0.341 e. The number of esters is 1. The third-order valence-corrected chi connectivity index (χ3v) is 8.28. The fourth-order valence-electron chi connectivity index (χ4n) is 3.97. The lowest BCUT2D eigenvalue weighted by Crippen LogP contribution is -2.25. The van der Waals surface area contributed by atoms with Crippen LogP contribution in [0.1, 0.15) is 46.5 Å². The van der Waals surface area contributed by atoms with Crippen LogP contribution in [0.15, 0.2) is 83.1 Å². The third kappa shape index (κ3) is 6.97. The second kappa shape index (κ2) is 13.4. The van der Waals surface area contributed by atoms with Gasteiger partial charge in [-0.3, -0.25) is 9.59 Å². The van der Waals surface area contributed by atoms with Crippen molar-refractivity contribution >= 4 is 51.6 Å². The van der Waals surface area contributed by atoms with Gasteiger partial charge in [-0.2, -0.15) is 0 Å². The number of nitrogens with one attached hydrogen (secondary N) is 2. The van der Waals surface area contributed by atoms with Gasteiger partial charge in [0.1, 0.15) is 16.4 Å². The minimum atomic E-state index is -0.602. The molecule has 1 heterocycles. The topological polar surface area (TPSA) is 84.5 Å². The molecule has 3 aromatic carbocycles. The average Bonchev–Trinajstić information content (AvgIpc) is 3.36. The van der Waals surface area contributed by atoms with Crippen LogP contribution in [-0.2, 0) is 9.53 Å². The molecule has 1 atom stereocenters. The van der Waals surface area contributed by atoms with Crippen molar-refractivity contribution in [3.05, 3.63) is 101 Å². The molecule has 0 aliphatic heterocycles. The van der Waals surface area contributed by atoms with Crippen molar-refractivity contribution in [2.24, 2.45) is 0 Å². The molecular formula is C31H29FN2O4S2. The van der Waals surface area contributed by atoms with Crippen molar-refractivity contribution in [3.8, 4) is 11.1 Å². The van der Waals surface area contributed by atoms with Gasteiger partial charge >= 0.3 is 5.97 Å². The molecule has 1 aromatic heterocycles. The molecule has 9 heteroatoms. The molecule has 2 N–H and O–H groups in total. The van der Waals surface area contributed by atoms with Crippen molar-refractivity contribution in [1.29, 1.82) is 0 Å². The van der Waals surface area contributed by atoms with Gasteiger partial charge in [0.25, 0.3) is 5.91 Å². The van der Waals surface area contributed by atoms with Gasteiger partial charge < -0.3 is 15.4 Å². The third-order valence-electron chi connectivity index (χ3n) is 6.02. The van der Waals surface area contributed by atoms with E-state index in [1.807, 2.05) is 49.6 Å². The van der Waals surface area contributed by atoms with E-state index >= 15 is 0 Å². The molecule has 4 rings (SSSR count). The second-order valence-corrected chi connectivity index (χ2v) is 11.1. The smallest absolute Gasteiger partial charge is 0.341 e. The highest BCUT2D eigenvalue weighted by molar-refractivity contribution is 8.00. The molecule has 0 bridgehead atoms. The lowest BCUT2D eigenvalue weighted by Gasteiger charge is -2.16. The molecule has 1 unspecified atom stereocenters. The molecule has 0 radical (unpaired) electrons. The van der Waals surface area contributed by atoms with Crippen LogP contribution in [0.4, 0.5) is 15.1 Å². The Labute approximate surface area is 241 Å². The molecule has 40 heavy (non-hydrogen) atoms. The van der Waals surface area contributed by atoms with Gasteiger partial charge in [0, 0.05) is 21.5 Å². The van der Waals surface area contributed by atoms with Crippen molar-refractivity contribution in [2.75, 3.05) is 17.2 Å². The van der Waals surface area contributed by atoms with Gasteiger partial charge in [-0.05, 0) is 56.2 Å². The summed E-state index contributed by atoms with van der Waals surface area (Å²) in [5.41, 5.74) is 3.44. The summed E-state index contributed by atoms with van der Waals surface area (Å²) in [6.07, 6.45) is 0.521. The Hall–Kier alpha value is -3.95. The van der Waals surface area contributed by atoms with E-state index in [4.69, 9.17) is 4.74 Å². The maximum absolute atomic E-state index is 14.0. The molecule has 0 aliphatic rings. The van der Waals surface area contributed by atoms with E-state index in [0.717, 1.165) is 16.0 Å². The van der Waals surface area contributed by atoms with E-state index in [2.05, 4.69) is 10.6 Å². The predicted molar refractivity (Wildman–Crippen MR) is 160 cm³/mol. The number of thiophene rings is 1. The Morgan fingerprint density at radius 1 is 0.975 bits per heavy atom. The Balaban J connectivity index is 1.51. The molecule has 0 spiro atoms. The number of hydrogen-bond acceptors (Lipinski definition) is 6. The van der Waals surface area contributed by atoms with Gasteiger partial charge in [-0.15, -0.1) is 23.1 Å². The van der Waals surface area contributed by atoms with Crippen LogP contribution in [0, 0.1) is 12.7 Å². The molecule has 2 amide bonds. The number of amides is 2. The number of anilines is 2. The average molecular weight is 577 g/mol. The van der Waals surface area contributed by atoms with E-state index in [1.165, 1.54) is 41.3 Å². The first-order chi connectivity index (χ1) is 19.3. The van der Waals surface area contributed by atoms with E-state index in [1.54, 1.807) is 31.2 Å². The van der Waals surface area contributed by atoms with Crippen LogP contribution in [0.2, 0.25) is 0 Å². The Morgan fingerprint density at radius 2 is 1.73 bits per heavy atom. The van der Waals surface area contributed by atoms with Crippen molar-refractivity contribution in [2.45, 2.75) is 37.3 Å². The van der Waals surface area contributed by atoms with Gasteiger partial charge in [0.05, 0.1) is 17.4 Å². The van der Waals surface area contributed by atoms with Crippen LogP contribution in [0.25, 0.3) is 11.1 Å². The molecular weight excluding hydrogens is 547 g/mol. The Kier molecular flexibility index (Phi) is 9.74. The van der Waals surface area contributed by atoms with Crippen LogP contribution >= 0.6 is 23.1 Å². The molecule has 6 nitrogen and oxygen atoms in total. The first kappa shape index (κ1) is 29.0. The molecule has 0 saturated carbocycles. The largest absolute Gasteiger partial charge is 0.462 e. The number of ether oxygens (including phenoxy) is 1. The highest BCUT2D eigenvalue weighted by Crippen LogP contribution is 2.37. The van der Waals surface area contributed by atoms with Gasteiger partial charge in [-0.25, -0.2) is 9.18 Å². The monoisotopic (exact) mass is 576 g/mol. The van der Waals surface area contributed by atoms with Crippen molar-refractivity contribution < 1.29 is 23.5 Å². The second-order valence-electron chi connectivity index (χ2n) is 8.91. The van der Waals surface area contributed by atoms with E-state index < -0.39 is 22.9 Å². The minimum absolute atomic E-state index is 0.0512. The minimum Gasteiger partial charge on any atom is -0.462 e. The standard InChI is InChI=1S/C31H29FN2O4S2/c1-4-26(40-22-10-8-9-21(17-22)33-28(35)23-11-6-7-12-25(23)32)29(36)34-30-27(31(37)38-5-2)24(18-39-30)20-15-13-19(3)14-16-20/h6-18,26H,4-5H2,1-3H3,(H,33,35)(H,34,36). The van der Waals surface area contributed by atoms with Gasteiger partial charge in [-0.1, -0.05) is 55.0 Å². The summed E-state index contributed by atoms with van der Waals surface area (Å²) in [6, 6.07) is 20.6. The maximum atomic E-state index is 14.0. The number of thioether (sulfide) groups is 1. The van der Waals surface area contributed by atoms with Crippen molar-refractivity contribution in [1.82, 2.24) is 0 Å². The quantitative estimate of drug-likeness (QED) is 0.149. The first-order valence-electron chi connectivity index (χ1n) is 12.8. The summed E-state index contributed by atoms with van der Waals surface area (Å²) < 4.78 is 19.3. The number of rotatable bonds is 10. The molecule has 4 aromatic rings. The van der Waals surface area contributed by atoms with E-state index in [9.17, 15) is 18.8 Å². The molecule has 0 aliphatic carbocycles. The van der Waals surface area contributed by atoms with Crippen LogP contribution in [-0.4, -0.2) is 29.6 Å². The highest BCUT2D eigenvalue weighted by Gasteiger charge is 2.26. The fraction of sp³-hybridized carbons (Fsp3) is 0.194. The Bertz CT molecular complexity index is 1520. The Morgan fingerprint density at radius 3 is 2.42 bits per heavy atom. The normalized spacial score (nSPS) is 11.5. The predicted octanol–water partition coefficient (Wildman–Crippen LogP) is 7.80. The summed E-state index contributed by atoms with van der Waals surface area (Å²) in [6.45, 7) is 5.85. The first-order valence-corrected chi connectivity index (χ1v) is 14.6. The zero-order chi connectivity index (χ0) is 28.6. The molecule has 0 fully saturated rings. The van der Waals surface area contributed by atoms with Crippen LogP contribution < -0.4 is 10.6 Å². The van der Waals surface area contributed by atoms with Crippen molar-refractivity contribution in [3.63, 3.8) is 0 Å². The van der Waals surface area contributed by atoms with Gasteiger partial charge in [0.15, 0.2) is 0 Å². The zero-order valence-electron chi connectivity index (χ0n) is 22.3. The number of aryl methyl sites for hydroxylation is 1. The number of carbonyl (C=O) groups excluding carboxylic acids is 3. The number of halogens is 1. The zero-order valence-corrected chi connectivity index (χ0v) is 24.0. The summed E-state index contributed by atoms with van der Waals surface area (Å²) in [7, 11) is 0. The van der Waals surface area contributed by atoms with E-state index in [-0.39, 0.29) is 18.1 Å². The van der Waals surface area contributed by atoms with Crippen LogP contribution in [0.3, 0.4) is 0 Å². The molecule has 206 valence electrons. The number of benzene rings is 3. The summed E-state index contributed by atoms with van der Waals surface area (Å²) in [5, 5.41) is 7.46. The van der Waals surface area contributed by atoms with E-state index in [0.29, 0.717) is 28.2 Å². The van der Waals surface area contributed by atoms with Crippen LogP contribution in [0.5, 0.6) is 0 Å². The highest BCUT2D eigenvalue weighted by atomic mass is 32.2. The fourth-order valence-corrected chi connectivity index (χ4v) is 5.94. The number of hydrogen-bond donors (Lipinski definition) is 2. The lowest BCUT2D eigenvalue weighted by atomic mass is 10.0. The lowest BCUT2D eigenvalue weighted by molar-refractivity contribution is -0.115. The summed E-state index contributed by atoms with van der Waals surface area (Å²) in [4.78, 5) is 39.6. The van der Waals surface area contributed by atoms with Gasteiger partial charge in [0.2, 0.25) is 5.91 Å². The SMILES string of the molecule is CCOC(=O)c1c(-c2ccc(C)cc2)csc1NC(=O)C(CC)Sc1cccc(NC(=O)c2ccccc2F)c1.